The number of methoxy groups -OCH3 is 2. The minimum absolute atomic E-state index is 0.0595. The molecular weight excluding hydrogens is 252 g/mol. The van der Waals surface area contributed by atoms with Crippen LogP contribution in [-0.4, -0.2) is 20.1 Å². The maximum atomic E-state index is 11.4. The van der Waals surface area contributed by atoms with E-state index in [0.717, 1.165) is 0 Å². The molecule has 1 amide bonds. The van der Waals surface area contributed by atoms with Crippen molar-refractivity contribution in [2.45, 2.75) is 13.8 Å². The molecule has 0 aliphatic heterocycles. The van der Waals surface area contributed by atoms with Crippen molar-refractivity contribution in [2.75, 3.05) is 19.5 Å². The first kappa shape index (κ1) is 16.6. The third-order valence-electron chi connectivity index (χ3n) is 1.80. The summed E-state index contributed by atoms with van der Waals surface area (Å²) in [6, 6.07) is 1.27. The Balaban J connectivity index is 0.00000154. The third kappa shape index (κ3) is 4.74. The Labute approximate surface area is 111 Å². The van der Waals surface area contributed by atoms with Gasteiger partial charge in [0.25, 0.3) is 5.91 Å². The van der Waals surface area contributed by atoms with E-state index in [2.05, 4.69) is 14.5 Å². The number of rotatable bonds is 5. The SMILES string of the molecule is CC.CO/C=C/Nc1cc(C(N)=O)oc(=O)c1OC. The van der Waals surface area contributed by atoms with Crippen LogP contribution in [0.15, 0.2) is 27.7 Å². The van der Waals surface area contributed by atoms with Crippen molar-refractivity contribution in [2.24, 2.45) is 5.73 Å². The topological polar surface area (TPSA) is 104 Å². The number of nitrogens with one attached hydrogen (secondary N) is 1. The Kier molecular flexibility index (Phi) is 7.51. The Bertz CT molecular complexity index is 493. The number of carbonyl (C=O) groups excluding carboxylic acids is 1. The molecule has 7 heteroatoms. The average molecular weight is 270 g/mol. The molecule has 0 saturated carbocycles. The highest BCUT2D eigenvalue weighted by atomic mass is 16.5. The summed E-state index contributed by atoms with van der Waals surface area (Å²) in [6.45, 7) is 4.00. The van der Waals surface area contributed by atoms with E-state index in [-0.39, 0.29) is 17.2 Å². The van der Waals surface area contributed by atoms with Crippen LogP contribution < -0.4 is 21.4 Å². The van der Waals surface area contributed by atoms with Crippen molar-refractivity contribution in [3.05, 3.63) is 34.7 Å². The van der Waals surface area contributed by atoms with Crippen LogP contribution in [-0.2, 0) is 4.74 Å². The van der Waals surface area contributed by atoms with Crippen LogP contribution in [0.3, 0.4) is 0 Å². The van der Waals surface area contributed by atoms with Gasteiger partial charge in [0.1, 0.15) is 0 Å². The van der Waals surface area contributed by atoms with Gasteiger partial charge in [-0.05, 0) is 0 Å². The zero-order chi connectivity index (χ0) is 14.8. The second-order valence-electron chi connectivity index (χ2n) is 2.89. The summed E-state index contributed by atoms with van der Waals surface area (Å²) in [5.41, 5.74) is 4.48. The normalized spacial score (nSPS) is 9.47. The number of hydrogen-bond donors (Lipinski definition) is 2. The van der Waals surface area contributed by atoms with Crippen LogP contribution in [0.4, 0.5) is 5.69 Å². The van der Waals surface area contributed by atoms with Crippen LogP contribution in [0.1, 0.15) is 24.4 Å². The fraction of sp³-hybridized carbons (Fsp3) is 0.333. The molecule has 0 fully saturated rings. The Hall–Kier alpha value is -2.44. The second-order valence-corrected chi connectivity index (χ2v) is 2.89. The molecule has 0 atom stereocenters. The lowest BCUT2D eigenvalue weighted by atomic mass is 10.3. The molecule has 1 aromatic rings. The van der Waals surface area contributed by atoms with E-state index < -0.39 is 11.5 Å². The summed E-state index contributed by atoms with van der Waals surface area (Å²) >= 11 is 0. The minimum atomic E-state index is -0.844. The van der Waals surface area contributed by atoms with Crippen molar-refractivity contribution < 1.29 is 18.7 Å². The number of hydrogen-bond acceptors (Lipinski definition) is 6. The highest BCUT2D eigenvalue weighted by Crippen LogP contribution is 2.20. The van der Waals surface area contributed by atoms with Gasteiger partial charge in [-0.2, -0.15) is 0 Å². The molecule has 0 unspecified atom stereocenters. The zero-order valence-corrected chi connectivity index (χ0v) is 11.4. The van der Waals surface area contributed by atoms with Crippen LogP contribution in [0, 0.1) is 0 Å². The molecule has 1 rings (SSSR count). The van der Waals surface area contributed by atoms with Crippen molar-refractivity contribution >= 4 is 11.6 Å². The van der Waals surface area contributed by atoms with Crippen molar-refractivity contribution in [3.63, 3.8) is 0 Å². The van der Waals surface area contributed by atoms with E-state index in [1.54, 1.807) is 0 Å². The van der Waals surface area contributed by atoms with E-state index in [1.807, 2.05) is 13.8 Å². The summed E-state index contributed by atoms with van der Waals surface area (Å²) < 4.78 is 14.2. The number of carbonyl (C=O) groups is 1. The van der Waals surface area contributed by atoms with Gasteiger partial charge < -0.3 is 24.9 Å². The molecule has 0 aliphatic rings. The van der Waals surface area contributed by atoms with E-state index in [9.17, 15) is 9.59 Å². The van der Waals surface area contributed by atoms with Crippen molar-refractivity contribution in [3.8, 4) is 5.75 Å². The molecule has 3 N–H and O–H groups in total. The second kappa shape index (κ2) is 8.62. The predicted octanol–water partition coefficient (Wildman–Crippen LogP) is 1.30. The van der Waals surface area contributed by atoms with E-state index in [4.69, 9.17) is 10.5 Å². The van der Waals surface area contributed by atoms with Crippen molar-refractivity contribution in [1.82, 2.24) is 0 Å². The molecule has 0 aliphatic carbocycles. The molecule has 106 valence electrons. The molecule has 0 radical (unpaired) electrons. The van der Waals surface area contributed by atoms with Gasteiger partial charge in [0, 0.05) is 12.3 Å². The van der Waals surface area contributed by atoms with Gasteiger partial charge in [0.15, 0.2) is 5.76 Å². The van der Waals surface area contributed by atoms with Gasteiger partial charge in [-0.25, -0.2) is 4.79 Å². The summed E-state index contributed by atoms with van der Waals surface area (Å²) in [6.07, 6.45) is 2.76. The first-order chi connectivity index (χ1) is 9.10. The first-order valence-corrected chi connectivity index (χ1v) is 5.56. The smallest absolute Gasteiger partial charge is 0.381 e. The maximum Gasteiger partial charge on any atom is 0.381 e. The van der Waals surface area contributed by atoms with Gasteiger partial charge >= 0.3 is 5.63 Å². The number of anilines is 1. The number of amides is 1. The molecule has 0 aromatic carbocycles. The highest BCUT2D eigenvalue weighted by molar-refractivity contribution is 5.91. The van der Waals surface area contributed by atoms with Gasteiger partial charge in [-0.3, -0.25) is 4.79 Å². The van der Waals surface area contributed by atoms with Crippen LogP contribution in [0.25, 0.3) is 0 Å². The van der Waals surface area contributed by atoms with Crippen LogP contribution in [0.2, 0.25) is 0 Å². The summed E-state index contributed by atoms with van der Waals surface area (Å²) in [4.78, 5) is 22.3. The molecular formula is C12H18N2O5. The van der Waals surface area contributed by atoms with Gasteiger partial charge in [0.05, 0.1) is 26.2 Å². The monoisotopic (exact) mass is 270 g/mol. The third-order valence-corrected chi connectivity index (χ3v) is 1.80. The average Bonchev–Trinajstić information content (AvgIpc) is 2.41. The molecule has 0 bridgehead atoms. The number of nitrogens with two attached hydrogens (primary N) is 1. The van der Waals surface area contributed by atoms with E-state index in [1.165, 1.54) is 32.7 Å². The lowest BCUT2D eigenvalue weighted by Crippen LogP contribution is -2.16. The van der Waals surface area contributed by atoms with Crippen LogP contribution in [0.5, 0.6) is 5.75 Å². The van der Waals surface area contributed by atoms with Crippen molar-refractivity contribution in [1.29, 1.82) is 0 Å². The Morgan fingerprint density at radius 2 is 2.05 bits per heavy atom. The summed E-state index contributed by atoms with van der Waals surface area (Å²) in [7, 11) is 2.77. The quantitative estimate of drug-likeness (QED) is 0.781. The van der Waals surface area contributed by atoms with Crippen LogP contribution >= 0.6 is 0 Å². The Morgan fingerprint density at radius 1 is 1.42 bits per heavy atom. The molecule has 7 nitrogen and oxygen atoms in total. The lowest BCUT2D eigenvalue weighted by Gasteiger charge is -2.07. The van der Waals surface area contributed by atoms with Gasteiger partial charge in [-0.1, -0.05) is 13.8 Å². The summed E-state index contributed by atoms with van der Waals surface area (Å²) in [5, 5.41) is 2.70. The Morgan fingerprint density at radius 3 is 2.53 bits per heavy atom. The molecule has 0 saturated heterocycles. The lowest BCUT2D eigenvalue weighted by molar-refractivity contribution is 0.0969. The fourth-order valence-corrected chi connectivity index (χ4v) is 1.10. The number of ether oxygens (including phenoxy) is 2. The molecule has 0 spiro atoms. The van der Waals surface area contributed by atoms with Gasteiger partial charge in [-0.15, -0.1) is 0 Å². The predicted molar refractivity (Wildman–Crippen MR) is 71.2 cm³/mol. The standard InChI is InChI=1S/C10H12N2O5.C2H6/c1-15-4-3-12-6-5-7(9(11)13)17-10(14)8(6)16-2;1-2/h3-5,12H,1-2H3,(H2,11,13);1-2H3/b4-3+;. The summed E-state index contributed by atoms with van der Waals surface area (Å²) in [5.74, 6) is -1.16. The zero-order valence-electron chi connectivity index (χ0n) is 11.4. The highest BCUT2D eigenvalue weighted by Gasteiger charge is 2.14. The molecule has 19 heavy (non-hydrogen) atoms. The number of primary amides is 1. The molecule has 1 heterocycles. The van der Waals surface area contributed by atoms with E-state index >= 15 is 0 Å². The largest absolute Gasteiger partial charge is 0.503 e. The van der Waals surface area contributed by atoms with Gasteiger partial charge in [0.2, 0.25) is 5.75 Å². The molecule has 1 aromatic heterocycles. The first-order valence-electron chi connectivity index (χ1n) is 5.56. The minimum Gasteiger partial charge on any atom is -0.503 e. The maximum absolute atomic E-state index is 11.4. The van der Waals surface area contributed by atoms with E-state index in [0.29, 0.717) is 0 Å². The fourth-order valence-electron chi connectivity index (χ4n) is 1.10.